The number of amides is 1. The molecule has 0 spiro atoms. The van der Waals surface area contributed by atoms with Crippen LogP contribution < -0.4 is 10.1 Å². The van der Waals surface area contributed by atoms with Crippen LogP contribution in [0.2, 0.25) is 0 Å². The molecule has 1 aromatic carbocycles. The molecule has 154 valence electrons. The van der Waals surface area contributed by atoms with Crippen LogP contribution in [-0.4, -0.2) is 73.1 Å². The van der Waals surface area contributed by atoms with Crippen LogP contribution in [0.4, 0.5) is 0 Å². The molecule has 2 aromatic rings. The number of ether oxygens (including phenoxy) is 1. The fourth-order valence-corrected chi connectivity index (χ4v) is 4.06. The summed E-state index contributed by atoms with van der Waals surface area (Å²) < 4.78 is 5.29. The first-order valence-electron chi connectivity index (χ1n) is 9.35. The molecule has 0 saturated carbocycles. The number of hydrogen-bond acceptors (Lipinski definition) is 5. The SMILES string of the molecule is COc1ccc2c(C(=O)N3CCN(C4CCNC4)CC3)cc(C)nc2c1.Cl.Cl. The first-order chi connectivity index (χ1) is 12.7. The molecule has 2 saturated heterocycles. The number of rotatable bonds is 3. The van der Waals surface area contributed by atoms with Crippen molar-refractivity contribution >= 4 is 41.6 Å². The van der Waals surface area contributed by atoms with Crippen molar-refractivity contribution in [1.29, 1.82) is 0 Å². The highest BCUT2D eigenvalue weighted by Crippen LogP contribution is 2.25. The molecule has 1 aromatic heterocycles. The molecule has 6 nitrogen and oxygen atoms in total. The molecule has 0 bridgehead atoms. The lowest BCUT2D eigenvalue weighted by molar-refractivity contribution is 0.0585. The lowest BCUT2D eigenvalue weighted by Gasteiger charge is -2.38. The Kier molecular flexibility index (Phi) is 7.89. The molecule has 1 amide bonds. The number of carbonyl (C=O) groups excluding carboxylic acids is 1. The zero-order valence-electron chi connectivity index (χ0n) is 16.3. The molecule has 2 fully saturated rings. The molecule has 1 unspecified atom stereocenters. The zero-order chi connectivity index (χ0) is 18.1. The topological polar surface area (TPSA) is 57.7 Å². The van der Waals surface area contributed by atoms with E-state index < -0.39 is 0 Å². The average molecular weight is 427 g/mol. The second kappa shape index (κ2) is 9.74. The van der Waals surface area contributed by atoms with Gasteiger partial charge in [-0.15, -0.1) is 24.8 Å². The summed E-state index contributed by atoms with van der Waals surface area (Å²) in [4.78, 5) is 22.3. The van der Waals surface area contributed by atoms with Gasteiger partial charge in [-0.3, -0.25) is 14.7 Å². The van der Waals surface area contributed by atoms with Gasteiger partial charge in [0.25, 0.3) is 5.91 Å². The minimum atomic E-state index is 0. The van der Waals surface area contributed by atoms with E-state index in [0.29, 0.717) is 6.04 Å². The smallest absolute Gasteiger partial charge is 0.254 e. The van der Waals surface area contributed by atoms with Crippen LogP contribution in [0.25, 0.3) is 10.9 Å². The average Bonchev–Trinajstić information content (AvgIpc) is 3.21. The number of hydrogen-bond donors (Lipinski definition) is 1. The molecular formula is C20H28Cl2N4O2. The van der Waals surface area contributed by atoms with E-state index in [-0.39, 0.29) is 30.7 Å². The molecule has 3 heterocycles. The number of piperazine rings is 1. The van der Waals surface area contributed by atoms with E-state index in [2.05, 4.69) is 15.2 Å². The maximum atomic E-state index is 13.2. The summed E-state index contributed by atoms with van der Waals surface area (Å²) in [5, 5.41) is 4.32. The fraction of sp³-hybridized carbons (Fsp3) is 0.500. The maximum absolute atomic E-state index is 13.2. The summed E-state index contributed by atoms with van der Waals surface area (Å²) in [5.41, 5.74) is 2.40. The van der Waals surface area contributed by atoms with E-state index in [4.69, 9.17) is 4.74 Å². The summed E-state index contributed by atoms with van der Waals surface area (Å²) >= 11 is 0. The Hall–Kier alpha value is -1.60. The minimum absolute atomic E-state index is 0. The van der Waals surface area contributed by atoms with Crippen molar-refractivity contribution < 1.29 is 9.53 Å². The molecule has 1 N–H and O–H groups in total. The lowest BCUT2D eigenvalue weighted by atomic mass is 10.1. The van der Waals surface area contributed by atoms with Gasteiger partial charge in [0.05, 0.1) is 18.2 Å². The third kappa shape index (κ3) is 4.51. The molecular weight excluding hydrogens is 399 g/mol. The molecule has 4 rings (SSSR count). The highest BCUT2D eigenvalue weighted by molar-refractivity contribution is 6.06. The van der Waals surface area contributed by atoms with Crippen molar-refractivity contribution in [2.45, 2.75) is 19.4 Å². The van der Waals surface area contributed by atoms with Crippen molar-refractivity contribution in [3.63, 3.8) is 0 Å². The molecule has 2 aliphatic heterocycles. The zero-order valence-corrected chi connectivity index (χ0v) is 17.9. The van der Waals surface area contributed by atoms with E-state index in [0.717, 1.165) is 67.2 Å². The summed E-state index contributed by atoms with van der Waals surface area (Å²) in [6.07, 6.45) is 1.21. The van der Waals surface area contributed by atoms with Gasteiger partial charge < -0.3 is 15.0 Å². The molecule has 0 aliphatic carbocycles. The van der Waals surface area contributed by atoms with Gasteiger partial charge in [0.1, 0.15) is 5.75 Å². The van der Waals surface area contributed by atoms with Crippen LogP contribution in [0, 0.1) is 6.92 Å². The minimum Gasteiger partial charge on any atom is -0.497 e. The van der Waals surface area contributed by atoms with Crippen LogP contribution in [0.3, 0.4) is 0 Å². The number of aromatic nitrogens is 1. The first kappa shape index (κ1) is 22.7. The van der Waals surface area contributed by atoms with Gasteiger partial charge in [0, 0.05) is 55.9 Å². The Balaban J connectivity index is 0.00000140. The van der Waals surface area contributed by atoms with E-state index in [9.17, 15) is 4.79 Å². The second-order valence-electron chi connectivity index (χ2n) is 7.17. The first-order valence-corrected chi connectivity index (χ1v) is 9.35. The Morgan fingerprint density at radius 1 is 1.18 bits per heavy atom. The molecule has 2 aliphatic rings. The van der Waals surface area contributed by atoms with Gasteiger partial charge in [-0.2, -0.15) is 0 Å². The lowest BCUT2D eigenvalue weighted by Crippen LogP contribution is -2.52. The van der Waals surface area contributed by atoms with E-state index >= 15 is 0 Å². The Labute approximate surface area is 178 Å². The van der Waals surface area contributed by atoms with Crippen LogP contribution in [-0.2, 0) is 0 Å². The van der Waals surface area contributed by atoms with Crippen molar-refractivity contribution in [2.24, 2.45) is 0 Å². The number of benzene rings is 1. The highest BCUT2D eigenvalue weighted by Gasteiger charge is 2.28. The Bertz CT molecular complexity index is 819. The quantitative estimate of drug-likeness (QED) is 0.816. The van der Waals surface area contributed by atoms with Crippen molar-refractivity contribution in [3.05, 3.63) is 35.5 Å². The summed E-state index contributed by atoms with van der Waals surface area (Å²) in [7, 11) is 1.64. The van der Waals surface area contributed by atoms with Crippen molar-refractivity contribution in [2.75, 3.05) is 46.4 Å². The number of methoxy groups -OCH3 is 1. The van der Waals surface area contributed by atoms with Crippen LogP contribution in [0.15, 0.2) is 24.3 Å². The van der Waals surface area contributed by atoms with Gasteiger partial charge in [0.15, 0.2) is 0 Å². The summed E-state index contributed by atoms with van der Waals surface area (Å²) in [6.45, 7) is 7.59. The highest BCUT2D eigenvalue weighted by atomic mass is 35.5. The number of nitrogens with one attached hydrogen (secondary N) is 1. The van der Waals surface area contributed by atoms with Crippen molar-refractivity contribution in [1.82, 2.24) is 20.1 Å². The van der Waals surface area contributed by atoms with Gasteiger partial charge in [-0.1, -0.05) is 0 Å². The third-order valence-electron chi connectivity index (χ3n) is 5.53. The van der Waals surface area contributed by atoms with Crippen molar-refractivity contribution in [3.8, 4) is 5.75 Å². The summed E-state index contributed by atoms with van der Waals surface area (Å²) in [6, 6.07) is 8.26. The predicted molar refractivity (Wildman–Crippen MR) is 116 cm³/mol. The largest absolute Gasteiger partial charge is 0.497 e. The number of aryl methyl sites for hydroxylation is 1. The second-order valence-corrected chi connectivity index (χ2v) is 7.17. The van der Waals surface area contributed by atoms with E-state index in [1.165, 1.54) is 6.42 Å². The molecule has 28 heavy (non-hydrogen) atoms. The molecule has 1 atom stereocenters. The standard InChI is InChI=1S/C20H26N4O2.2ClH/c1-14-11-18(17-4-3-16(26-2)12-19(17)22-14)20(25)24-9-7-23(8-10-24)15-5-6-21-13-15;;/h3-4,11-12,15,21H,5-10,13H2,1-2H3;2*1H. The Morgan fingerprint density at radius 3 is 2.57 bits per heavy atom. The number of nitrogens with zero attached hydrogens (tertiary/aromatic N) is 3. The molecule has 0 radical (unpaired) electrons. The van der Waals surface area contributed by atoms with E-state index in [1.807, 2.05) is 36.1 Å². The monoisotopic (exact) mass is 426 g/mol. The normalized spacial score (nSPS) is 19.8. The maximum Gasteiger partial charge on any atom is 0.254 e. The van der Waals surface area contributed by atoms with Crippen LogP contribution in [0.5, 0.6) is 5.75 Å². The third-order valence-corrected chi connectivity index (χ3v) is 5.53. The number of fused-ring (bicyclic) bond motifs is 1. The van der Waals surface area contributed by atoms with Gasteiger partial charge in [-0.05, 0) is 38.1 Å². The fourth-order valence-electron chi connectivity index (χ4n) is 4.06. The number of carbonyl (C=O) groups is 1. The van der Waals surface area contributed by atoms with Gasteiger partial charge in [-0.25, -0.2) is 0 Å². The van der Waals surface area contributed by atoms with Crippen LogP contribution >= 0.6 is 24.8 Å². The molecule has 8 heteroatoms. The number of pyridine rings is 1. The van der Waals surface area contributed by atoms with Crippen LogP contribution in [0.1, 0.15) is 22.5 Å². The predicted octanol–water partition coefficient (Wildman–Crippen LogP) is 2.52. The number of halogens is 2. The van der Waals surface area contributed by atoms with E-state index in [1.54, 1.807) is 7.11 Å². The Morgan fingerprint density at radius 2 is 1.93 bits per heavy atom. The summed E-state index contributed by atoms with van der Waals surface area (Å²) in [5.74, 6) is 0.864. The van der Waals surface area contributed by atoms with Gasteiger partial charge in [0.2, 0.25) is 0 Å². The van der Waals surface area contributed by atoms with Gasteiger partial charge >= 0.3 is 0 Å².